The molecule has 0 bridgehead atoms. The number of carbonyl (C=O) groups is 2. The molecule has 3 rings (SSSR count). The summed E-state index contributed by atoms with van der Waals surface area (Å²) in [6.07, 6.45) is 0. The van der Waals surface area contributed by atoms with E-state index in [-0.39, 0.29) is 17.0 Å². The van der Waals surface area contributed by atoms with Crippen LogP contribution in [0.2, 0.25) is 0 Å². The Balaban J connectivity index is 1.76. The molecular formula is C20H13FN2O4. The van der Waals surface area contributed by atoms with Gasteiger partial charge in [0.15, 0.2) is 5.78 Å². The number of rotatable bonds is 5. The van der Waals surface area contributed by atoms with Crippen LogP contribution in [0.25, 0.3) is 0 Å². The van der Waals surface area contributed by atoms with Crippen molar-refractivity contribution in [2.45, 2.75) is 0 Å². The first-order valence-electron chi connectivity index (χ1n) is 7.91. The van der Waals surface area contributed by atoms with Crippen molar-refractivity contribution in [2.24, 2.45) is 0 Å². The largest absolute Gasteiger partial charge is 0.322 e. The highest BCUT2D eigenvalue weighted by atomic mass is 19.1. The first-order valence-corrected chi connectivity index (χ1v) is 7.91. The molecular weight excluding hydrogens is 351 g/mol. The second-order valence-corrected chi connectivity index (χ2v) is 5.65. The van der Waals surface area contributed by atoms with Crippen LogP contribution in [0.15, 0.2) is 72.8 Å². The maximum absolute atomic E-state index is 13.4. The van der Waals surface area contributed by atoms with Gasteiger partial charge in [-0.05, 0) is 24.3 Å². The molecule has 0 fully saturated rings. The lowest BCUT2D eigenvalue weighted by Gasteiger charge is -2.07. The average molecular weight is 364 g/mol. The molecule has 0 aliphatic carbocycles. The highest BCUT2D eigenvalue weighted by molar-refractivity contribution is 6.10. The van der Waals surface area contributed by atoms with Crippen LogP contribution >= 0.6 is 0 Å². The molecule has 0 atom stereocenters. The molecule has 0 aromatic heterocycles. The van der Waals surface area contributed by atoms with Gasteiger partial charge >= 0.3 is 5.69 Å². The zero-order valence-corrected chi connectivity index (χ0v) is 13.9. The number of nitrogens with one attached hydrogen (secondary N) is 1. The fraction of sp³-hybridized carbons (Fsp3) is 0. The molecule has 0 heterocycles. The first-order chi connectivity index (χ1) is 13.0. The van der Waals surface area contributed by atoms with Crippen LogP contribution in [-0.4, -0.2) is 16.6 Å². The lowest BCUT2D eigenvalue weighted by atomic mass is 10.0. The van der Waals surface area contributed by atoms with Crippen LogP contribution in [0.5, 0.6) is 0 Å². The van der Waals surface area contributed by atoms with Gasteiger partial charge in [0.05, 0.1) is 4.92 Å². The summed E-state index contributed by atoms with van der Waals surface area (Å²) in [7, 11) is 0. The first kappa shape index (κ1) is 17.9. The number of anilines is 1. The van der Waals surface area contributed by atoms with E-state index in [1.54, 1.807) is 24.3 Å². The lowest BCUT2D eigenvalue weighted by molar-refractivity contribution is -0.387. The van der Waals surface area contributed by atoms with Gasteiger partial charge in [0.1, 0.15) is 0 Å². The van der Waals surface area contributed by atoms with Crippen LogP contribution < -0.4 is 5.32 Å². The zero-order chi connectivity index (χ0) is 19.4. The Labute approximate surface area is 153 Å². The summed E-state index contributed by atoms with van der Waals surface area (Å²) in [4.78, 5) is 34.5. The summed E-state index contributed by atoms with van der Waals surface area (Å²) in [5.74, 6) is -1.69. The Kier molecular flexibility index (Phi) is 5.03. The van der Waals surface area contributed by atoms with Crippen molar-refractivity contribution in [1.82, 2.24) is 0 Å². The van der Waals surface area contributed by atoms with Crippen molar-refractivity contribution in [2.75, 3.05) is 5.32 Å². The summed E-state index contributed by atoms with van der Waals surface area (Å²) in [6, 6.07) is 17.8. The number of ketones is 1. The van der Waals surface area contributed by atoms with E-state index in [1.165, 1.54) is 30.3 Å². The smallest absolute Gasteiger partial charge is 0.306 e. The lowest BCUT2D eigenvalue weighted by Crippen LogP contribution is -2.12. The fourth-order valence-corrected chi connectivity index (χ4v) is 2.46. The van der Waals surface area contributed by atoms with Gasteiger partial charge in [-0.15, -0.1) is 0 Å². The van der Waals surface area contributed by atoms with E-state index in [1.807, 2.05) is 6.07 Å². The van der Waals surface area contributed by atoms with Gasteiger partial charge in [-0.2, -0.15) is 4.39 Å². The molecule has 6 nitrogen and oxygen atoms in total. The van der Waals surface area contributed by atoms with E-state index in [9.17, 15) is 24.1 Å². The van der Waals surface area contributed by atoms with Crippen molar-refractivity contribution < 1.29 is 18.9 Å². The van der Waals surface area contributed by atoms with Crippen LogP contribution in [-0.2, 0) is 0 Å². The summed E-state index contributed by atoms with van der Waals surface area (Å²) in [5, 5.41) is 13.2. The Morgan fingerprint density at radius 3 is 2.07 bits per heavy atom. The van der Waals surface area contributed by atoms with E-state index in [0.717, 1.165) is 12.1 Å². The molecule has 1 N–H and O–H groups in total. The van der Waals surface area contributed by atoms with Crippen LogP contribution in [0.1, 0.15) is 26.3 Å². The molecule has 0 saturated carbocycles. The quantitative estimate of drug-likeness (QED) is 0.417. The predicted octanol–water partition coefficient (Wildman–Crippen LogP) is 4.22. The molecule has 0 unspecified atom stereocenters. The molecule has 7 heteroatoms. The number of carbonyl (C=O) groups excluding carboxylic acids is 2. The molecule has 27 heavy (non-hydrogen) atoms. The zero-order valence-electron chi connectivity index (χ0n) is 13.9. The summed E-state index contributed by atoms with van der Waals surface area (Å²) >= 11 is 0. The number of nitro benzene ring substituents is 1. The van der Waals surface area contributed by atoms with E-state index >= 15 is 0 Å². The van der Waals surface area contributed by atoms with Gasteiger partial charge in [0.2, 0.25) is 5.82 Å². The average Bonchev–Trinajstić information content (AvgIpc) is 2.69. The highest BCUT2D eigenvalue weighted by Gasteiger charge is 2.16. The normalized spacial score (nSPS) is 10.3. The van der Waals surface area contributed by atoms with E-state index in [0.29, 0.717) is 11.1 Å². The maximum Gasteiger partial charge on any atom is 0.306 e. The van der Waals surface area contributed by atoms with Gasteiger partial charge in [-0.3, -0.25) is 19.7 Å². The Morgan fingerprint density at radius 2 is 1.44 bits per heavy atom. The third-order valence-electron chi connectivity index (χ3n) is 3.85. The Morgan fingerprint density at radius 1 is 0.852 bits per heavy atom. The standard InChI is InChI=1S/C20H13FN2O4/c21-17-11-10-16(12-18(17)23(26)27)22-20(25)15-8-6-14(7-9-15)19(24)13-4-2-1-3-5-13/h1-12H,(H,22,25). The molecule has 0 saturated heterocycles. The van der Waals surface area contributed by atoms with Crippen LogP contribution in [0, 0.1) is 15.9 Å². The maximum atomic E-state index is 13.4. The molecule has 0 spiro atoms. The van der Waals surface area contributed by atoms with Gasteiger partial charge in [-0.25, -0.2) is 0 Å². The minimum Gasteiger partial charge on any atom is -0.322 e. The molecule has 3 aromatic carbocycles. The van der Waals surface area contributed by atoms with Gasteiger partial charge < -0.3 is 5.32 Å². The van der Waals surface area contributed by atoms with Crippen molar-refractivity contribution in [3.8, 4) is 0 Å². The number of nitrogens with zero attached hydrogens (tertiary/aromatic N) is 1. The topological polar surface area (TPSA) is 89.3 Å². The van der Waals surface area contributed by atoms with E-state index < -0.39 is 22.3 Å². The van der Waals surface area contributed by atoms with Gasteiger partial charge in [0, 0.05) is 28.4 Å². The summed E-state index contributed by atoms with van der Waals surface area (Å²) < 4.78 is 13.4. The minimum atomic E-state index is -0.984. The number of halogens is 1. The third-order valence-corrected chi connectivity index (χ3v) is 3.85. The van der Waals surface area contributed by atoms with E-state index in [2.05, 4.69) is 5.32 Å². The molecule has 0 aliphatic rings. The third kappa shape index (κ3) is 4.04. The molecule has 3 aromatic rings. The molecule has 1 amide bonds. The SMILES string of the molecule is O=C(Nc1ccc(F)c([N+](=O)[O-])c1)c1ccc(C(=O)c2ccccc2)cc1. The second-order valence-electron chi connectivity index (χ2n) is 5.65. The second kappa shape index (κ2) is 7.57. The van der Waals surface area contributed by atoms with Crippen LogP contribution in [0.3, 0.4) is 0 Å². The monoisotopic (exact) mass is 364 g/mol. The Bertz CT molecular complexity index is 1020. The highest BCUT2D eigenvalue weighted by Crippen LogP contribution is 2.22. The summed E-state index contributed by atoms with van der Waals surface area (Å²) in [6.45, 7) is 0. The Hall–Kier alpha value is -3.87. The van der Waals surface area contributed by atoms with Gasteiger partial charge in [-0.1, -0.05) is 42.5 Å². The van der Waals surface area contributed by atoms with Gasteiger partial charge in [0.25, 0.3) is 5.91 Å². The molecule has 134 valence electrons. The minimum absolute atomic E-state index is 0.0949. The number of benzene rings is 3. The number of amides is 1. The molecule has 0 radical (unpaired) electrons. The summed E-state index contributed by atoms with van der Waals surface area (Å²) in [5.41, 5.74) is 0.587. The number of hydrogen-bond acceptors (Lipinski definition) is 4. The van der Waals surface area contributed by atoms with Crippen molar-refractivity contribution >= 4 is 23.1 Å². The van der Waals surface area contributed by atoms with Crippen molar-refractivity contribution in [3.63, 3.8) is 0 Å². The molecule has 0 aliphatic heterocycles. The van der Waals surface area contributed by atoms with Crippen molar-refractivity contribution in [1.29, 1.82) is 0 Å². The van der Waals surface area contributed by atoms with Crippen molar-refractivity contribution in [3.05, 3.63) is 105 Å². The van der Waals surface area contributed by atoms with Crippen LogP contribution in [0.4, 0.5) is 15.8 Å². The number of hydrogen-bond donors (Lipinski definition) is 1. The fourth-order valence-electron chi connectivity index (χ4n) is 2.46. The van der Waals surface area contributed by atoms with E-state index in [4.69, 9.17) is 0 Å². The number of nitro groups is 1. The predicted molar refractivity (Wildman–Crippen MR) is 97.3 cm³/mol.